The van der Waals surface area contributed by atoms with Crippen LogP contribution in [0.4, 0.5) is 11.4 Å². The van der Waals surface area contributed by atoms with Crippen molar-refractivity contribution in [2.24, 2.45) is 0 Å². The smallest absolute Gasteiger partial charge is 0.0782 e. The summed E-state index contributed by atoms with van der Waals surface area (Å²) in [5.74, 6) is 0. The Morgan fingerprint density at radius 1 is 1.05 bits per heavy atom. The van der Waals surface area contributed by atoms with Crippen LogP contribution in [0.1, 0.15) is 29.7 Å². The standard InChI is InChI=1S/C17H20BrNO/c1-11-7-12(2)9-15(8-11)19(4)17-6-5-14(18)10-16(17)13(3)20/h5-10,13,20H,1-4H3. The van der Waals surface area contributed by atoms with Gasteiger partial charge >= 0.3 is 0 Å². The van der Waals surface area contributed by atoms with Crippen molar-refractivity contribution in [2.75, 3.05) is 11.9 Å². The van der Waals surface area contributed by atoms with Gasteiger partial charge in [0.2, 0.25) is 0 Å². The van der Waals surface area contributed by atoms with Crippen LogP contribution >= 0.6 is 15.9 Å². The van der Waals surface area contributed by atoms with E-state index in [9.17, 15) is 5.11 Å². The van der Waals surface area contributed by atoms with Crippen LogP contribution in [-0.2, 0) is 0 Å². The summed E-state index contributed by atoms with van der Waals surface area (Å²) >= 11 is 3.46. The first kappa shape index (κ1) is 15.1. The molecular weight excluding hydrogens is 314 g/mol. The summed E-state index contributed by atoms with van der Waals surface area (Å²) in [7, 11) is 2.03. The van der Waals surface area contributed by atoms with Crippen LogP contribution < -0.4 is 4.90 Å². The van der Waals surface area contributed by atoms with Gasteiger partial charge in [0.25, 0.3) is 0 Å². The summed E-state index contributed by atoms with van der Waals surface area (Å²) < 4.78 is 0.978. The molecule has 3 heteroatoms. The van der Waals surface area contributed by atoms with Crippen molar-refractivity contribution >= 4 is 27.3 Å². The largest absolute Gasteiger partial charge is 0.389 e. The van der Waals surface area contributed by atoms with Gasteiger partial charge in [0, 0.05) is 28.5 Å². The minimum absolute atomic E-state index is 0.504. The Labute approximate surface area is 129 Å². The zero-order valence-electron chi connectivity index (χ0n) is 12.3. The summed E-state index contributed by atoms with van der Waals surface area (Å²) in [6.45, 7) is 5.99. The molecule has 106 valence electrons. The van der Waals surface area contributed by atoms with Crippen molar-refractivity contribution in [1.82, 2.24) is 0 Å². The molecule has 20 heavy (non-hydrogen) atoms. The van der Waals surface area contributed by atoms with Crippen LogP contribution in [0.5, 0.6) is 0 Å². The minimum Gasteiger partial charge on any atom is -0.389 e. The van der Waals surface area contributed by atoms with Gasteiger partial charge in [-0.25, -0.2) is 0 Å². The first-order chi connectivity index (χ1) is 9.38. The number of hydrogen-bond acceptors (Lipinski definition) is 2. The number of halogens is 1. The molecule has 0 aliphatic rings. The summed E-state index contributed by atoms with van der Waals surface area (Å²) in [5, 5.41) is 9.99. The van der Waals surface area contributed by atoms with Crippen molar-refractivity contribution in [3.8, 4) is 0 Å². The van der Waals surface area contributed by atoms with Gasteiger partial charge in [-0.05, 0) is 62.2 Å². The number of aryl methyl sites for hydroxylation is 2. The molecule has 1 atom stereocenters. The molecule has 2 rings (SSSR count). The van der Waals surface area contributed by atoms with Gasteiger partial charge in [-0.15, -0.1) is 0 Å². The maximum Gasteiger partial charge on any atom is 0.0782 e. The molecule has 0 radical (unpaired) electrons. The maximum absolute atomic E-state index is 9.99. The topological polar surface area (TPSA) is 23.5 Å². The zero-order chi connectivity index (χ0) is 14.9. The Bertz CT molecular complexity index is 602. The van der Waals surface area contributed by atoms with E-state index < -0.39 is 6.10 Å². The molecule has 0 heterocycles. The fraction of sp³-hybridized carbons (Fsp3) is 0.294. The van der Waals surface area contributed by atoms with Gasteiger partial charge in [-0.3, -0.25) is 0 Å². The summed E-state index contributed by atoms with van der Waals surface area (Å²) in [4.78, 5) is 2.12. The van der Waals surface area contributed by atoms with Gasteiger partial charge in [0.1, 0.15) is 0 Å². The van der Waals surface area contributed by atoms with Crippen LogP contribution in [0, 0.1) is 13.8 Å². The highest BCUT2D eigenvalue weighted by molar-refractivity contribution is 9.10. The van der Waals surface area contributed by atoms with Crippen molar-refractivity contribution in [3.63, 3.8) is 0 Å². The lowest BCUT2D eigenvalue weighted by Gasteiger charge is -2.25. The predicted molar refractivity (Wildman–Crippen MR) is 88.8 cm³/mol. The Balaban J connectivity index is 2.50. The normalized spacial score (nSPS) is 12.3. The molecule has 2 aromatic carbocycles. The molecule has 1 unspecified atom stereocenters. The van der Waals surface area contributed by atoms with Gasteiger partial charge in [0.15, 0.2) is 0 Å². The molecule has 0 saturated carbocycles. The molecule has 0 aromatic heterocycles. The second-order valence-corrected chi connectivity index (χ2v) is 6.20. The van der Waals surface area contributed by atoms with E-state index >= 15 is 0 Å². The SMILES string of the molecule is Cc1cc(C)cc(N(C)c2ccc(Br)cc2C(C)O)c1. The third-order valence-electron chi connectivity index (χ3n) is 3.39. The Morgan fingerprint density at radius 2 is 1.65 bits per heavy atom. The van der Waals surface area contributed by atoms with E-state index in [2.05, 4.69) is 52.9 Å². The van der Waals surface area contributed by atoms with Crippen LogP contribution in [0.2, 0.25) is 0 Å². The number of benzene rings is 2. The summed E-state index contributed by atoms with van der Waals surface area (Å²) in [5.41, 5.74) is 5.55. The van der Waals surface area contributed by atoms with Gasteiger partial charge in [-0.2, -0.15) is 0 Å². The molecule has 1 N–H and O–H groups in total. The molecular formula is C17H20BrNO. The highest BCUT2D eigenvalue weighted by atomic mass is 79.9. The van der Waals surface area contributed by atoms with Crippen molar-refractivity contribution in [1.29, 1.82) is 0 Å². The van der Waals surface area contributed by atoms with E-state index in [1.807, 2.05) is 25.2 Å². The first-order valence-electron chi connectivity index (χ1n) is 6.68. The second kappa shape index (κ2) is 5.98. The van der Waals surface area contributed by atoms with Crippen LogP contribution in [0.15, 0.2) is 40.9 Å². The van der Waals surface area contributed by atoms with E-state index in [1.165, 1.54) is 11.1 Å². The maximum atomic E-state index is 9.99. The molecule has 2 aromatic rings. The molecule has 0 aliphatic carbocycles. The number of rotatable bonds is 3. The fourth-order valence-electron chi connectivity index (χ4n) is 2.45. The van der Waals surface area contributed by atoms with E-state index in [-0.39, 0.29) is 0 Å². The molecule has 0 saturated heterocycles. The van der Waals surface area contributed by atoms with E-state index in [4.69, 9.17) is 0 Å². The number of aliphatic hydroxyl groups excluding tert-OH is 1. The highest BCUT2D eigenvalue weighted by Gasteiger charge is 2.14. The van der Waals surface area contributed by atoms with E-state index in [0.29, 0.717) is 0 Å². The van der Waals surface area contributed by atoms with Crippen LogP contribution in [-0.4, -0.2) is 12.2 Å². The number of anilines is 2. The number of nitrogens with zero attached hydrogens (tertiary/aromatic N) is 1. The summed E-state index contributed by atoms with van der Waals surface area (Å²) in [6.07, 6.45) is -0.504. The van der Waals surface area contributed by atoms with Gasteiger partial charge in [-0.1, -0.05) is 22.0 Å². The predicted octanol–water partition coefficient (Wildman–Crippen LogP) is 4.89. The monoisotopic (exact) mass is 333 g/mol. The van der Waals surface area contributed by atoms with Gasteiger partial charge < -0.3 is 10.0 Å². The average Bonchev–Trinajstić information content (AvgIpc) is 2.36. The average molecular weight is 334 g/mol. The zero-order valence-corrected chi connectivity index (χ0v) is 13.9. The third-order valence-corrected chi connectivity index (χ3v) is 3.89. The Hall–Kier alpha value is -1.32. The quantitative estimate of drug-likeness (QED) is 0.864. The Kier molecular flexibility index (Phi) is 4.51. The first-order valence-corrected chi connectivity index (χ1v) is 7.47. The second-order valence-electron chi connectivity index (χ2n) is 5.28. The lowest BCUT2D eigenvalue weighted by Crippen LogP contribution is -2.13. The number of hydrogen-bond donors (Lipinski definition) is 1. The van der Waals surface area contributed by atoms with Crippen LogP contribution in [0.3, 0.4) is 0 Å². The molecule has 0 aliphatic heterocycles. The van der Waals surface area contributed by atoms with Gasteiger partial charge in [0.05, 0.1) is 6.10 Å². The summed E-state index contributed by atoms with van der Waals surface area (Å²) in [6, 6.07) is 12.5. The lowest BCUT2D eigenvalue weighted by atomic mass is 10.1. The van der Waals surface area contributed by atoms with Crippen LogP contribution in [0.25, 0.3) is 0 Å². The molecule has 0 bridgehead atoms. The molecule has 0 spiro atoms. The van der Waals surface area contributed by atoms with E-state index in [0.717, 1.165) is 21.4 Å². The molecule has 0 fully saturated rings. The van der Waals surface area contributed by atoms with E-state index in [1.54, 1.807) is 6.92 Å². The Morgan fingerprint density at radius 3 is 2.20 bits per heavy atom. The number of aliphatic hydroxyl groups is 1. The lowest BCUT2D eigenvalue weighted by molar-refractivity contribution is 0.199. The van der Waals surface area contributed by atoms with Crippen molar-refractivity contribution < 1.29 is 5.11 Å². The molecule has 0 amide bonds. The molecule has 2 nitrogen and oxygen atoms in total. The fourth-order valence-corrected chi connectivity index (χ4v) is 2.83. The third kappa shape index (κ3) is 3.22. The minimum atomic E-state index is -0.504. The highest BCUT2D eigenvalue weighted by Crippen LogP contribution is 2.33. The van der Waals surface area contributed by atoms with Crippen molar-refractivity contribution in [2.45, 2.75) is 26.9 Å². The van der Waals surface area contributed by atoms with Crippen molar-refractivity contribution in [3.05, 3.63) is 57.6 Å².